The summed E-state index contributed by atoms with van der Waals surface area (Å²) in [5.41, 5.74) is 0.0149. The molecule has 1 N–H and O–H groups in total. The molecule has 13 heteroatoms. The largest absolute Gasteiger partial charge is 0.436 e. The van der Waals surface area contributed by atoms with Gasteiger partial charge in [0.2, 0.25) is 5.88 Å². The Balaban J connectivity index is 1.05. The van der Waals surface area contributed by atoms with Crippen molar-refractivity contribution in [1.29, 1.82) is 0 Å². The zero-order chi connectivity index (χ0) is 34.2. The van der Waals surface area contributed by atoms with Crippen molar-refractivity contribution in [1.82, 2.24) is 28.9 Å². The number of aromatic nitrogens is 4. The predicted molar refractivity (Wildman–Crippen MR) is 179 cm³/mol. The van der Waals surface area contributed by atoms with Crippen molar-refractivity contribution >= 4 is 11.6 Å². The van der Waals surface area contributed by atoms with Gasteiger partial charge in [0, 0.05) is 55.2 Å². The van der Waals surface area contributed by atoms with Gasteiger partial charge in [-0.05, 0) is 101 Å². The van der Waals surface area contributed by atoms with Crippen molar-refractivity contribution in [3.05, 3.63) is 104 Å². The van der Waals surface area contributed by atoms with E-state index in [0.29, 0.717) is 24.9 Å². The van der Waals surface area contributed by atoms with E-state index in [1.165, 1.54) is 60.7 Å². The Morgan fingerprint density at radius 2 is 1.76 bits per heavy atom. The molecule has 49 heavy (non-hydrogen) atoms. The maximum Gasteiger partial charge on any atom is 0.335 e. The summed E-state index contributed by atoms with van der Waals surface area (Å²) in [7, 11) is 0. The Labute approximate surface area is 282 Å². The quantitative estimate of drug-likeness (QED) is 0.267. The third-order valence-corrected chi connectivity index (χ3v) is 9.68. The minimum Gasteiger partial charge on any atom is -0.436 e. The smallest absolute Gasteiger partial charge is 0.335 e. The number of ether oxygens (including phenoxy) is 1. The monoisotopic (exact) mass is 671 g/mol. The van der Waals surface area contributed by atoms with Crippen molar-refractivity contribution in [2.75, 3.05) is 31.5 Å². The molecule has 4 heterocycles. The molecular formula is C36H39F2N7O4. The molecule has 0 bridgehead atoms. The summed E-state index contributed by atoms with van der Waals surface area (Å²) in [4.78, 5) is 53.8. The fraction of sp³-hybridized carbons (Fsp3) is 0.417. The van der Waals surface area contributed by atoms with Gasteiger partial charge in [0.25, 0.3) is 11.5 Å². The van der Waals surface area contributed by atoms with Crippen LogP contribution >= 0.6 is 0 Å². The summed E-state index contributed by atoms with van der Waals surface area (Å²) in [6.07, 6.45) is 8.36. The highest BCUT2D eigenvalue weighted by Gasteiger charge is 2.32. The van der Waals surface area contributed by atoms with Gasteiger partial charge in [-0.25, -0.2) is 28.1 Å². The van der Waals surface area contributed by atoms with Crippen LogP contribution in [0.3, 0.4) is 0 Å². The topological polar surface area (TPSA) is 115 Å². The molecule has 2 aliphatic heterocycles. The summed E-state index contributed by atoms with van der Waals surface area (Å²) in [5, 5.41) is 2.55. The second kappa shape index (κ2) is 13.6. The van der Waals surface area contributed by atoms with Crippen LogP contribution in [0.4, 0.5) is 14.5 Å². The molecule has 7 rings (SSSR count). The van der Waals surface area contributed by atoms with Gasteiger partial charge >= 0.3 is 5.69 Å². The Morgan fingerprint density at radius 1 is 1.00 bits per heavy atom. The average molecular weight is 672 g/mol. The van der Waals surface area contributed by atoms with Gasteiger partial charge < -0.3 is 15.0 Å². The fourth-order valence-electron chi connectivity index (χ4n) is 6.76. The van der Waals surface area contributed by atoms with Crippen molar-refractivity contribution < 1.29 is 18.3 Å². The molecule has 3 aliphatic rings. The molecule has 1 aliphatic carbocycles. The minimum atomic E-state index is -0.891. The van der Waals surface area contributed by atoms with Crippen molar-refractivity contribution in [3.63, 3.8) is 0 Å². The summed E-state index contributed by atoms with van der Waals surface area (Å²) < 4.78 is 36.9. The number of likely N-dealkylation sites (tertiary alicyclic amines) is 1. The summed E-state index contributed by atoms with van der Waals surface area (Å²) in [6.45, 7) is 8.50. The van der Waals surface area contributed by atoms with Crippen LogP contribution in [0.2, 0.25) is 0 Å². The molecule has 2 aromatic heterocycles. The van der Waals surface area contributed by atoms with Crippen molar-refractivity contribution in [2.24, 2.45) is 5.92 Å². The number of anilines is 1. The molecule has 256 valence electrons. The number of nitrogens with one attached hydrogen (secondary N) is 1. The molecule has 1 saturated heterocycles. The molecule has 1 saturated carbocycles. The van der Waals surface area contributed by atoms with E-state index in [4.69, 9.17) is 4.74 Å². The molecule has 11 nitrogen and oxygen atoms in total. The maximum atomic E-state index is 15.4. The lowest BCUT2D eigenvalue weighted by atomic mass is 9.98. The van der Waals surface area contributed by atoms with E-state index >= 15 is 4.39 Å². The van der Waals surface area contributed by atoms with Crippen LogP contribution in [-0.2, 0) is 13.0 Å². The van der Waals surface area contributed by atoms with Gasteiger partial charge in [-0.1, -0.05) is 0 Å². The molecule has 2 fully saturated rings. The van der Waals surface area contributed by atoms with E-state index in [1.54, 1.807) is 13.8 Å². The van der Waals surface area contributed by atoms with Crippen LogP contribution in [0.5, 0.6) is 11.6 Å². The SMILES string of the molecule is CC(C)n1cc(C(=O)Nc2ccc(Oc3ncnc4c3CCN(C3CCN(CC5CC5)CC3)C4)c(F)c2)c(=O)n(-c2ccc(F)cc2)c1=O. The Hall–Kier alpha value is -4.75. The normalized spacial score (nSPS) is 17.2. The van der Waals surface area contributed by atoms with E-state index < -0.39 is 34.8 Å². The van der Waals surface area contributed by atoms with E-state index in [-0.39, 0.29) is 22.7 Å². The Kier molecular flexibility index (Phi) is 9.12. The average Bonchev–Trinajstić information content (AvgIpc) is 3.91. The first kappa shape index (κ1) is 32.8. The molecular weight excluding hydrogens is 632 g/mol. The number of hydrogen-bond donors (Lipinski definition) is 1. The second-order valence-corrected chi connectivity index (χ2v) is 13.4. The maximum absolute atomic E-state index is 15.4. The first-order chi connectivity index (χ1) is 23.6. The van der Waals surface area contributed by atoms with E-state index in [1.807, 2.05) is 0 Å². The number of amides is 1. The number of piperidine rings is 1. The van der Waals surface area contributed by atoms with Gasteiger partial charge in [-0.15, -0.1) is 0 Å². The lowest BCUT2D eigenvalue weighted by molar-refractivity contribution is 0.0941. The third-order valence-electron chi connectivity index (χ3n) is 9.68. The Morgan fingerprint density at radius 3 is 2.45 bits per heavy atom. The zero-order valence-corrected chi connectivity index (χ0v) is 27.6. The van der Waals surface area contributed by atoms with Gasteiger partial charge in [0.15, 0.2) is 11.6 Å². The van der Waals surface area contributed by atoms with Crippen LogP contribution in [0.15, 0.2) is 64.6 Å². The minimum absolute atomic E-state index is 0.0728. The highest BCUT2D eigenvalue weighted by molar-refractivity contribution is 6.03. The van der Waals surface area contributed by atoms with Crippen LogP contribution in [0.1, 0.15) is 67.2 Å². The number of fused-ring (bicyclic) bond motifs is 1. The summed E-state index contributed by atoms with van der Waals surface area (Å²) in [6, 6.07) is 8.85. The second-order valence-electron chi connectivity index (χ2n) is 13.4. The molecule has 1 amide bonds. The highest BCUT2D eigenvalue weighted by atomic mass is 19.1. The summed E-state index contributed by atoms with van der Waals surface area (Å²) in [5.74, 6) is -0.986. The molecule has 4 aromatic rings. The van der Waals surface area contributed by atoms with Crippen LogP contribution < -0.4 is 21.3 Å². The third kappa shape index (κ3) is 7.04. The molecule has 0 atom stereocenters. The van der Waals surface area contributed by atoms with Crippen LogP contribution in [0, 0.1) is 17.6 Å². The number of carbonyl (C=O) groups is 1. The molecule has 0 unspecified atom stereocenters. The van der Waals surface area contributed by atoms with Crippen molar-refractivity contribution in [3.8, 4) is 17.3 Å². The van der Waals surface area contributed by atoms with Crippen molar-refractivity contribution in [2.45, 2.75) is 64.6 Å². The van der Waals surface area contributed by atoms with Crippen LogP contribution in [-0.4, -0.2) is 67.0 Å². The molecule has 2 aromatic carbocycles. The predicted octanol–water partition coefficient (Wildman–Crippen LogP) is 4.93. The van der Waals surface area contributed by atoms with E-state index in [0.717, 1.165) is 72.4 Å². The number of rotatable bonds is 9. The number of nitrogens with zero attached hydrogens (tertiary/aromatic N) is 6. The first-order valence-electron chi connectivity index (χ1n) is 16.9. The lowest BCUT2D eigenvalue weighted by Gasteiger charge is -2.40. The number of carbonyl (C=O) groups excluding carboxylic acids is 1. The highest BCUT2D eigenvalue weighted by Crippen LogP contribution is 2.34. The molecule has 0 spiro atoms. The standard InChI is InChI=1S/C36H39F2N7O4/c1-22(2)44-19-29(35(47)45(36(44)48)27-8-5-24(37)6-9-27)33(46)41-25-7-10-32(30(38)17-25)49-34-28-13-16-43(20-31(28)39-21-40-34)26-11-14-42(15-12-26)18-23-3-4-23/h5-10,17,19,21-23,26H,3-4,11-16,18,20H2,1-2H3,(H,41,46). The van der Waals surface area contributed by atoms with Gasteiger partial charge in [-0.3, -0.25) is 19.1 Å². The van der Waals surface area contributed by atoms with Gasteiger partial charge in [0.05, 0.1) is 11.4 Å². The molecule has 0 radical (unpaired) electrons. The van der Waals surface area contributed by atoms with Gasteiger partial charge in [0.1, 0.15) is 17.7 Å². The number of hydrogen-bond acceptors (Lipinski definition) is 8. The zero-order valence-electron chi connectivity index (χ0n) is 27.6. The fourth-order valence-corrected chi connectivity index (χ4v) is 6.76. The number of benzene rings is 2. The van der Waals surface area contributed by atoms with Crippen LogP contribution in [0.25, 0.3) is 5.69 Å². The van der Waals surface area contributed by atoms with E-state index in [2.05, 4.69) is 25.1 Å². The Bertz CT molecular complexity index is 1980. The van der Waals surface area contributed by atoms with E-state index in [9.17, 15) is 18.8 Å². The summed E-state index contributed by atoms with van der Waals surface area (Å²) >= 11 is 0. The first-order valence-corrected chi connectivity index (χ1v) is 16.9. The number of halogens is 2. The lowest BCUT2D eigenvalue weighted by Crippen LogP contribution is -2.47. The van der Waals surface area contributed by atoms with Gasteiger partial charge in [-0.2, -0.15) is 0 Å².